The molecule has 24 heavy (non-hydrogen) atoms. The number of benzene rings is 2. The number of carbonyl (C=O) groups is 1. The molecule has 5 heteroatoms. The molecule has 5 nitrogen and oxygen atoms in total. The molecule has 0 saturated carbocycles. The number of rotatable bonds is 2. The molecule has 0 spiro atoms. The normalized spacial score (nSPS) is 11.5. The lowest BCUT2D eigenvalue weighted by Crippen LogP contribution is -2.01. The summed E-state index contributed by atoms with van der Waals surface area (Å²) in [5.41, 5.74) is 3.19. The summed E-state index contributed by atoms with van der Waals surface area (Å²) in [4.78, 5) is 15.6. The van der Waals surface area contributed by atoms with Gasteiger partial charge in [0.15, 0.2) is 5.69 Å². The third kappa shape index (κ3) is 1.75. The zero-order valence-electron chi connectivity index (χ0n) is 13.6. The van der Waals surface area contributed by atoms with Crippen molar-refractivity contribution >= 4 is 38.5 Å². The highest BCUT2D eigenvalue weighted by atomic mass is 16.5. The maximum Gasteiger partial charge on any atom is 0.355 e. The molecular formula is C19H16N2O3. The molecule has 0 radical (unpaired) electrons. The van der Waals surface area contributed by atoms with Crippen molar-refractivity contribution < 1.29 is 14.6 Å². The molecule has 120 valence electrons. The molecule has 0 unspecified atom stereocenters. The van der Waals surface area contributed by atoms with E-state index in [1.54, 1.807) is 13.3 Å². The summed E-state index contributed by atoms with van der Waals surface area (Å²) in [6.07, 6.45) is 1.55. The third-order valence-corrected chi connectivity index (χ3v) is 4.68. The number of carboxylic acids is 1. The van der Waals surface area contributed by atoms with Crippen molar-refractivity contribution in [3.63, 3.8) is 0 Å². The van der Waals surface area contributed by atoms with Gasteiger partial charge in [0.05, 0.1) is 18.1 Å². The summed E-state index contributed by atoms with van der Waals surface area (Å²) in [6, 6.07) is 9.70. The van der Waals surface area contributed by atoms with Crippen LogP contribution in [0.4, 0.5) is 0 Å². The molecule has 0 fully saturated rings. The Kier molecular flexibility index (Phi) is 3.00. The second kappa shape index (κ2) is 4.96. The van der Waals surface area contributed by atoms with E-state index in [0.29, 0.717) is 5.39 Å². The van der Waals surface area contributed by atoms with E-state index in [0.717, 1.165) is 38.5 Å². The van der Waals surface area contributed by atoms with Crippen molar-refractivity contribution in [2.75, 3.05) is 7.11 Å². The molecule has 0 aliphatic rings. The van der Waals surface area contributed by atoms with Crippen LogP contribution in [0.2, 0.25) is 0 Å². The second-order valence-electron chi connectivity index (χ2n) is 5.87. The Labute approximate surface area is 138 Å². The number of aromatic carboxylic acids is 1. The van der Waals surface area contributed by atoms with Gasteiger partial charge in [-0.3, -0.25) is 0 Å². The first kappa shape index (κ1) is 14.5. The quantitative estimate of drug-likeness (QED) is 0.608. The number of para-hydroxylation sites is 1. The first-order valence-corrected chi connectivity index (χ1v) is 7.61. The Balaban J connectivity index is 2.30. The SMILES string of the molecule is COc1cccc2c3cc4c(C(=O)O)nccc4c(C)c3n(C)c12. The van der Waals surface area contributed by atoms with Crippen LogP contribution in [0.1, 0.15) is 16.1 Å². The summed E-state index contributed by atoms with van der Waals surface area (Å²) in [5, 5.41) is 13.1. The van der Waals surface area contributed by atoms with Gasteiger partial charge in [0.2, 0.25) is 0 Å². The molecule has 4 rings (SSSR count). The Hall–Kier alpha value is -3.08. The molecule has 0 aliphatic heterocycles. The van der Waals surface area contributed by atoms with E-state index in [9.17, 15) is 9.90 Å². The standard InChI is InChI=1S/C19H16N2O3/c1-10-11-7-8-20-16(19(22)23)13(11)9-14-12-5-4-6-15(24-3)18(12)21(2)17(10)14/h4-9H,1-3H3,(H,22,23). The molecular weight excluding hydrogens is 304 g/mol. The predicted molar refractivity (Wildman–Crippen MR) is 94.0 cm³/mol. The minimum atomic E-state index is -1.02. The number of carboxylic acid groups (broad SMARTS) is 1. The van der Waals surface area contributed by atoms with Gasteiger partial charge in [-0.1, -0.05) is 12.1 Å². The molecule has 2 aromatic heterocycles. The fraction of sp³-hybridized carbons (Fsp3) is 0.158. The second-order valence-corrected chi connectivity index (χ2v) is 5.87. The molecule has 2 aromatic carbocycles. The zero-order chi connectivity index (χ0) is 17.0. The molecule has 1 N–H and O–H groups in total. The van der Waals surface area contributed by atoms with Crippen LogP contribution >= 0.6 is 0 Å². The van der Waals surface area contributed by atoms with Gasteiger partial charge in [-0.2, -0.15) is 0 Å². The number of fused-ring (bicyclic) bond motifs is 4. The van der Waals surface area contributed by atoms with Crippen molar-refractivity contribution in [1.29, 1.82) is 0 Å². The Morgan fingerprint density at radius 3 is 2.62 bits per heavy atom. The Morgan fingerprint density at radius 2 is 1.92 bits per heavy atom. The number of hydrogen-bond acceptors (Lipinski definition) is 3. The lowest BCUT2D eigenvalue weighted by Gasteiger charge is -2.09. The van der Waals surface area contributed by atoms with Crippen LogP contribution in [0.3, 0.4) is 0 Å². The fourth-order valence-electron chi connectivity index (χ4n) is 3.66. The van der Waals surface area contributed by atoms with Crippen molar-refractivity contribution in [3.05, 3.63) is 47.8 Å². The van der Waals surface area contributed by atoms with Crippen LogP contribution in [0, 0.1) is 6.92 Å². The summed E-state index contributed by atoms with van der Waals surface area (Å²) < 4.78 is 7.62. The van der Waals surface area contributed by atoms with Crippen LogP contribution in [0.5, 0.6) is 5.75 Å². The monoisotopic (exact) mass is 320 g/mol. The maximum absolute atomic E-state index is 11.5. The van der Waals surface area contributed by atoms with Crippen LogP contribution < -0.4 is 4.74 Å². The number of methoxy groups -OCH3 is 1. The van der Waals surface area contributed by atoms with Gasteiger partial charge in [-0.05, 0) is 36.1 Å². The highest BCUT2D eigenvalue weighted by molar-refractivity contribution is 6.17. The van der Waals surface area contributed by atoms with E-state index in [4.69, 9.17) is 4.74 Å². The zero-order valence-corrected chi connectivity index (χ0v) is 13.6. The van der Waals surface area contributed by atoms with Crippen LogP contribution in [0.25, 0.3) is 32.6 Å². The van der Waals surface area contributed by atoms with Gasteiger partial charge in [0.25, 0.3) is 0 Å². The number of hydrogen-bond donors (Lipinski definition) is 1. The highest BCUT2D eigenvalue weighted by Gasteiger charge is 2.18. The number of aryl methyl sites for hydroxylation is 2. The van der Waals surface area contributed by atoms with E-state index in [1.165, 1.54) is 0 Å². The fourth-order valence-corrected chi connectivity index (χ4v) is 3.66. The van der Waals surface area contributed by atoms with Gasteiger partial charge in [0.1, 0.15) is 5.75 Å². The minimum Gasteiger partial charge on any atom is -0.495 e. The number of pyridine rings is 1. The minimum absolute atomic E-state index is 0.0809. The summed E-state index contributed by atoms with van der Waals surface area (Å²) >= 11 is 0. The van der Waals surface area contributed by atoms with Gasteiger partial charge in [0, 0.05) is 29.4 Å². The molecule has 4 aromatic rings. The van der Waals surface area contributed by atoms with Crippen molar-refractivity contribution in [3.8, 4) is 5.75 Å². The average Bonchev–Trinajstić information content (AvgIpc) is 2.87. The number of aromatic nitrogens is 2. The van der Waals surface area contributed by atoms with Gasteiger partial charge < -0.3 is 14.4 Å². The third-order valence-electron chi connectivity index (χ3n) is 4.68. The summed E-state index contributed by atoms with van der Waals surface area (Å²) in [5.74, 6) is -0.219. The van der Waals surface area contributed by atoms with Crippen LogP contribution in [0.15, 0.2) is 36.5 Å². The van der Waals surface area contributed by atoms with Crippen molar-refractivity contribution in [1.82, 2.24) is 9.55 Å². The van der Waals surface area contributed by atoms with Crippen molar-refractivity contribution in [2.45, 2.75) is 6.92 Å². The smallest absolute Gasteiger partial charge is 0.355 e. The highest BCUT2D eigenvalue weighted by Crippen LogP contribution is 2.38. The van der Waals surface area contributed by atoms with E-state index in [2.05, 4.69) is 9.55 Å². The lowest BCUT2D eigenvalue weighted by molar-refractivity contribution is 0.0693. The van der Waals surface area contributed by atoms with Gasteiger partial charge >= 0.3 is 5.97 Å². The Bertz CT molecular complexity index is 1140. The summed E-state index contributed by atoms with van der Waals surface area (Å²) in [6.45, 7) is 2.02. The van der Waals surface area contributed by atoms with Crippen LogP contribution in [-0.2, 0) is 7.05 Å². The molecule has 0 atom stereocenters. The number of ether oxygens (including phenoxy) is 1. The van der Waals surface area contributed by atoms with Crippen LogP contribution in [-0.4, -0.2) is 27.7 Å². The average molecular weight is 320 g/mol. The van der Waals surface area contributed by atoms with E-state index < -0.39 is 5.97 Å². The van der Waals surface area contributed by atoms with Gasteiger partial charge in [-0.25, -0.2) is 9.78 Å². The van der Waals surface area contributed by atoms with Gasteiger partial charge in [-0.15, -0.1) is 0 Å². The van der Waals surface area contributed by atoms with E-state index in [1.807, 2.05) is 44.3 Å². The number of nitrogens with zero attached hydrogens (tertiary/aromatic N) is 2. The maximum atomic E-state index is 11.5. The molecule has 0 aliphatic carbocycles. The summed E-state index contributed by atoms with van der Waals surface area (Å²) in [7, 11) is 3.66. The van der Waals surface area contributed by atoms with E-state index in [-0.39, 0.29) is 5.69 Å². The molecule has 2 heterocycles. The predicted octanol–water partition coefficient (Wildman–Crippen LogP) is 3.89. The molecule has 0 saturated heterocycles. The topological polar surface area (TPSA) is 64.3 Å². The van der Waals surface area contributed by atoms with E-state index >= 15 is 0 Å². The first-order valence-electron chi connectivity index (χ1n) is 7.61. The van der Waals surface area contributed by atoms with Crippen molar-refractivity contribution in [2.24, 2.45) is 7.05 Å². The lowest BCUT2D eigenvalue weighted by atomic mass is 10.0. The largest absolute Gasteiger partial charge is 0.495 e. The molecule has 0 bridgehead atoms. The Morgan fingerprint density at radius 1 is 1.12 bits per heavy atom. The molecule has 0 amide bonds. The first-order chi connectivity index (χ1) is 11.5.